The van der Waals surface area contributed by atoms with E-state index < -0.39 is 4.92 Å². The molecule has 3 rings (SSSR count). The molecule has 0 amide bonds. The van der Waals surface area contributed by atoms with E-state index in [1.54, 1.807) is 18.3 Å². The topological polar surface area (TPSA) is 70.2 Å². The second kappa shape index (κ2) is 4.23. The number of benzene rings is 1. The lowest BCUT2D eigenvalue weighted by Crippen LogP contribution is -2.12. The third kappa shape index (κ3) is 1.76. The van der Waals surface area contributed by atoms with Crippen LogP contribution in [0.5, 0.6) is 0 Å². The zero-order valence-electron chi connectivity index (χ0n) is 9.57. The van der Waals surface area contributed by atoms with Gasteiger partial charge in [-0.25, -0.2) is 4.68 Å². The Morgan fingerprint density at radius 2 is 2.11 bits per heavy atom. The van der Waals surface area contributed by atoms with E-state index in [0.717, 1.165) is 23.4 Å². The summed E-state index contributed by atoms with van der Waals surface area (Å²) in [5.74, 6) is 0. The van der Waals surface area contributed by atoms with Gasteiger partial charge in [-0.1, -0.05) is 0 Å². The largest absolute Gasteiger partial charge is 0.376 e. The summed E-state index contributed by atoms with van der Waals surface area (Å²) in [6.45, 7) is 1.27. The van der Waals surface area contributed by atoms with Crippen LogP contribution in [0.1, 0.15) is 11.3 Å². The Hall–Kier alpha value is -2.21. The van der Waals surface area contributed by atoms with Gasteiger partial charge in [-0.2, -0.15) is 5.10 Å². The first-order valence-electron chi connectivity index (χ1n) is 5.64. The lowest BCUT2D eigenvalue weighted by Gasteiger charge is -2.14. The van der Waals surface area contributed by atoms with Crippen LogP contribution in [0.2, 0.25) is 0 Å². The van der Waals surface area contributed by atoms with E-state index in [1.165, 1.54) is 12.1 Å². The van der Waals surface area contributed by atoms with Gasteiger partial charge in [0.1, 0.15) is 0 Å². The van der Waals surface area contributed by atoms with Gasteiger partial charge in [-0.15, -0.1) is 0 Å². The summed E-state index contributed by atoms with van der Waals surface area (Å²) in [6, 6.07) is 6.40. The fourth-order valence-electron chi connectivity index (χ4n) is 2.08. The van der Waals surface area contributed by atoms with Crippen LogP contribution in [0, 0.1) is 10.1 Å². The van der Waals surface area contributed by atoms with Gasteiger partial charge < -0.3 is 4.74 Å². The molecule has 2 aromatic rings. The molecular weight excluding hydrogens is 234 g/mol. The monoisotopic (exact) mass is 245 g/mol. The molecule has 0 N–H and O–H groups in total. The fraction of sp³-hybridized carbons (Fsp3) is 0.250. The molecule has 0 aliphatic carbocycles. The quantitative estimate of drug-likeness (QED) is 0.598. The second-order valence-electron chi connectivity index (χ2n) is 4.10. The van der Waals surface area contributed by atoms with E-state index in [9.17, 15) is 10.1 Å². The summed E-state index contributed by atoms with van der Waals surface area (Å²) >= 11 is 0. The molecule has 0 unspecified atom stereocenters. The molecule has 0 fully saturated rings. The van der Waals surface area contributed by atoms with Crippen LogP contribution in [-0.2, 0) is 17.8 Å². The molecule has 1 aromatic carbocycles. The zero-order valence-corrected chi connectivity index (χ0v) is 9.57. The van der Waals surface area contributed by atoms with E-state index in [-0.39, 0.29) is 5.69 Å². The van der Waals surface area contributed by atoms with Crippen LogP contribution in [0.4, 0.5) is 5.69 Å². The number of rotatable bonds is 2. The maximum Gasteiger partial charge on any atom is 0.269 e. The number of nitro groups is 1. The maximum absolute atomic E-state index is 10.6. The zero-order chi connectivity index (χ0) is 12.5. The highest BCUT2D eigenvalue weighted by atomic mass is 16.6. The highest BCUT2D eigenvalue weighted by molar-refractivity contribution is 5.42. The van der Waals surface area contributed by atoms with Crippen molar-refractivity contribution in [1.82, 2.24) is 9.78 Å². The Morgan fingerprint density at radius 1 is 1.33 bits per heavy atom. The molecule has 1 aliphatic heterocycles. The van der Waals surface area contributed by atoms with Crippen LogP contribution in [0.25, 0.3) is 5.69 Å². The molecule has 0 atom stereocenters. The number of fused-ring (bicyclic) bond motifs is 1. The van der Waals surface area contributed by atoms with Crippen LogP contribution >= 0.6 is 0 Å². The molecule has 0 saturated carbocycles. The molecular formula is C12H11N3O3. The van der Waals surface area contributed by atoms with Gasteiger partial charge in [-0.3, -0.25) is 10.1 Å². The molecule has 0 bridgehead atoms. The van der Waals surface area contributed by atoms with Crippen molar-refractivity contribution in [3.8, 4) is 5.69 Å². The predicted molar refractivity (Wildman–Crippen MR) is 63.6 cm³/mol. The Balaban J connectivity index is 1.99. The summed E-state index contributed by atoms with van der Waals surface area (Å²) in [4.78, 5) is 10.2. The Bertz CT molecular complexity index is 589. The van der Waals surface area contributed by atoms with Gasteiger partial charge in [0.15, 0.2) is 0 Å². The minimum Gasteiger partial charge on any atom is -0.376 e. The number of nitrogens with zero attached hydrogens (tertiary/aromatic N) is 3. The van der Waals surface area contributed by atoms with E-state index in [0.29, 0.717) is 13.2 Å². The number of non-ortho nitro benzene ring substituents is 1. The second-order valence-corrected chi connectivity index (χ2v) is 4.10. The SMILES string of the molecule is O=[N+]([O-])c1ccc(-n2ncc3c2CCOC3)cc1. The number of ether oxygens (including phenoxy) is 1. The van der Waals surface area contributed by atoms with E-state index >= 15 is 0 Å². The predicted octanol–water partition coefficient (Wildman–Crippen LogP) is 1.85. The third-order valence-corrected chi connectivity index (χ3v) is 3.00. The lowest BCUT2D eigenvalue weighted by atomic mass is 10.1. The van der Waals surface area contributed by atoms with Gasteiger partial charge in [0, 0.05) is 24.1 Å². The summed E-state index contributed by atoms with van der Waals surface area (Å²) in [5, 5.41) is 14.9. The van der Waals surface area contributed by atoms with Gasteiger partial charge in [0.25, 0.3) is 5.69 Å². The van der Waals surface area contributed by atoms with Crippen molar-refractivity contribution in [3.05, 3.63) is 51.8 Å². The van der Waals surface area contributed by atoms with Gasteiger partial charge in [0.05, 0.1) is 35.7 Å². The number of aromatic nitrogens is 2. The van der Waals surface area contributed by atoms with Gasteiger partial charge in [-0.05, 0) is 12.1 Å². The van der Waals surface area contributed by atoms with Crippen molar-refractivity contribution in [2.75, 3.05) is 6.61 Å². The van der Waals surface area contributed by atoms with Gasteiger partial charge >= 0.3 is 0 Å². The van der Waals surface area contributed by atoms with Crippen molar-refractivity contribution in [1.29, 1.82) is 0 Å². The standard InChI is InChI=1S/C12H11N3O3/c16-15(17)11-3-1-10(2-4-11)14-12-5-6-18-8-9(12)7-13-14/h1-4,7H,5-6,8H2. The molecule has 6 heteroatoms. The van der Waals surface area contributed by atoms with Crippen molar-refractivity contribution in [3.63, 3.8) is 0 Å². The molecule has 1 aliphatic rings. The third-order valence-electron chi connectivity index (χ3n) is 3.00. The minimum atomic E-state index is -0.407. The Morgan fingerprint density at radius 3 is 2.83 bits per heavy atom. The highest BCUT2D eigenvalue weighted by Crippen LogP contribution is 2.21. The van der Waals surface area contributed by atoms with Crippen molar-refractivity contribution in [2.45, 2.75) is 13.0 Å². The molecule has 1 aromatic heterocycles. The maximum atomic E-state index is 10.6. The van der Waals surface area contributed by atoms with Crippen molar-refractivity contribution in [2.24, 2.45) is 0 Å². The number of hydrogen-bond donors (Lipinski definition) is 0. The molecule has 92 valence electrons. The summed E-state index contributed by atoms with van der Waals surface area (Å²) in [6.07, 6.45) is 2.60. The summed E-state index contributed by atoms with van der Waals surface area (Å²) in [5.41, 5.74) is 3.13. The lowest BCUT2D eigenvalue weighted by molar-refractivity contribution is -0.384. The van der Waals surface area contributed by atoms with Crippen LogP contribution in [0.15, 0.2) is 30.5 Å². The normalized spacial score (nSPS) is 14.2. The van der Waals surface area contributed by atoms with Gasteiger partial charge in [0.2, 0.25) is 0 Å². The minimum absolute atomic E-state index is 0.0862. The first-order valence-corrected chi connectivity index (χ1v) is 5.64. The number of hydrogen-bond acceptors (Lipinski definition) is 4. The first kappa shape index (κ1) is 10.9. The average Bonchev–Trinajstić information content (AvgIpc) is 2.82. The first-order chi connectivity index (χ1) is 8.75. The Labute approximate surface area is 103 Å². The van der Waals surface area contributed by atoms with Crippen molar-refractivity contribution < 1.29 is 9.66 Å². The summed E-state index contributed by atoms with van der Waals surface area (Å²) in [7, 11) is 0. The average molecular weight is 245 g/mol. The highest BCUT2D eigenvalue weighted by Gasteiger charge is 2.16. The van der Waals surface area contributed by atoms with Crippen LogP contribution < -0.4 is 0 Å². The molecule has 6 nitrogen and oxygen atoms in total. The van der Waals surface area contributed by atoms with E-state index in [4.69, 9.17) is 4.74 Å². The number of nitro benzene ring substituents is 1. The van der Waals surface area contributed by atoms with Crippen molar-refractivity contribution >= 4 is 5.69 Å². The van der Waals surface area contributed by atoms with E-state index in [2.05, 4.69) is 5.10 Å². The van der Waals surface area contributed by atoms with Crippen LogP contribution in [0.3, 0.4) is 0 Å². The molecule has 0 spiro atoms. The molecule has 0 radical (unpaired) electrons. The van der Waals surface area contributed by atoms with E-state index in [1.807, 2.05) is 4.68 Å². The molecule has 2 heterocycles. The molecule has 0 saturated heterocycles. The van der Waals surface area contributed by atoms with Crippen LogP contribution in [-0.4, -0.2) is 21.3 Å². The fourth-order valence-corrected chi connectivity index (χ4v) is 2.08. The molecule has 18 heavy (non-hydrogen) atoms. The smallest absolute Gasteiger partial charge is 0.269 e. The summed E-state index contributed by atoms with van der Waals surface area (Å²) < 4.78 is 7.17. The Kier molecular flexibility index (Phi) is 2.56.